The molecule has 3 atom stereocenters. The Morgan fingerprint density at radius 1 is 1.00 bits per heavy atom. The Morgan fingerprint density at radius 2 is 1.86 bits per heavy atom. The van der Waals surface area contributed by atoms with E-state index < -0.39 is 0 Å². The maximum atomic E-state index is 3.63. The molecule has 3 unspecified atom stereocenters. The molecule has 3 rings (SSSR count). The van der Waals surface area contributed by atoms with Gasteiger partial charge in [0, 0.05) is 19.1 Å². The van der Waals surface area contributed by atoms with Gasteiger partial charge in [0.2, 0.25) is 0 Å². The van der Waals surface area contributed by atoms with E-state index in [2.05, 4.69) is 41.0 Å². The van der Waals surface area contributed by atoms with Crippen LogP contribution in [0.5, 0.6) is 0 Å². The molecule has 1 aromatic rings. The van der Waals surface area contributed by atoms with E-state index in [0.29, 0.717) is 6.04 Å². The summed E-state index contributed by atoms with van der Waals surface area (Å²) in [6, 6.07) is 11.4. The van der Waals surface area contributed by atoms with Crippen LogP contribution < -0.4 is 10.6 Å². The highest BCUT2D eigenvalue weighted by Gasteiger charge is 2.39. The molecule has 1 aromatic carbocycles. The Kier molecular flexibility index (Phi) is 2.03. The molecule has 2 N–H and O–H groups in total. The molecule has 2 heteroatoms. The van der Waals surface area contributed by atoms with E-state index in [-0.39, 0.29) is 0 Å². The van der Waals surface area contributed by atoms with E-state index in [9.17, 15) is 0 Å². The number of nitrogens with one attached hydrogen (secondary N) is 2. The number of hydrogen-bond acceptors (Lipinski definition) is 2. The fourth-order valence-corrected chi connectivity index (χ4v) is 2.82. The lowest BCUT2D eigenvalue weighted by Gasteiger charge is -2.17. The third kappa shape index (κ3) is 1.26. The average Bonchev–Trinajstić information content (AvgIpc) is 2.79. The molecule has 0 radical (unpaired) electrons. The summed E-state index contributed by atoms with van der Waals surface area (Å²) < 4.78 is 0. The van der Waals surface area contributed by atoms with Crippen molar-refractivity contribution in [3.8, 4) is 0 Å². The van der Waals surface area contributed by atoms with Gasteiger partial charge in [0.1, 0.15) is 0 Å². The first-order valence-corrected chi connectivity index (χ1v) is 5.44. The molecule has 0 amide bonds. The van der Waals surface area contributed by atoms with Gasteiger partial charge in [-0.1, -0.05) is 30.3 Å². The van der Waals surface area contributed by atoms with Crippen LogP contribution >= 0.6 is 0 Å². The molecule has 2 heterocycles. The fraction of sp³-hybridized carbons (Fsp3) is 0.500. The second-order valence-electron chi connectivity index (χ2n) is 4.38. The van der Waals surface area contributed by atoms with Gasteiger partial charge in [-0.15, -0.1) is 0 Å². The van der Waals surface area contributed by atoms with Gasteiger partial charge in [0.15, 0.2) is 0 Å². The smallest absolute Gasteiger partial charge is 0.0364 e. The Bertz CT molecular complexity index is 309. The van der Waals surface area contributed by atoms with Crippen LogP contribution in [0.15, 0.2) is 30.3 Å². The van der Waals surface area contributed by atoms with Crippen LogP contribution in [0.4, 0.5) is 0 Å². The Labute approximate surface area is 84.7 Å². The highest BCUT2D eigenvalue weighted by atomic mass is 15.0. The first kappa shape index (κ1) is 8.45. The minimum atomic E-state index is 0.580. The van der Waals surface area contributed by atoms with Crippen molar-refractivity contribution in [3.05, 3.63) is 35.9 Å². The molecular formula is C12H16N2. The van der Waals surface area contributed by atoms with Gasteiger partial charge in [0.05, 0.1) is 0 Å². The van der Waals surface area contributed by atoms with Gasteiger partial charge >= 0.3 is 0 Å². The summed E-state index contributed by atoms with van der Waals surface area (Å²) in [6.07, 6.45) is 0. The molecule has 0 saturated carbocycles. The second kappa shape index (κ2) is 3.37. The molecule has 14 heavy (non-hydrogen) atoms. The third-order valence-corrected chi connectivity index (χ3v) is 3.58. The van der Waals surface area contributed by atoms with Crippen LogP contribution in [0, 0.1) is 11.8 Å². The Balaban J connectivity index is 1.86. The predicted molar refractivity (Wildman–Crippen MR) is 57.0 cm³/mol. The van der Waals surface area contributed by atoms with E-state index in [1.165, 1.54) is 25.2 Å². The number of fused-ring (bicyclic) bond motifs is 1. The van der Waals surface area contributed by atoms with E-state index in [0.717, 1.165) is 11.8 Å². The second-order valence-corrected chi connectivity index (χ2v) is 4.38. The fourth-order valence-electron chi connectivity index (χ4n) is 2.82. The highest BCUT2D eigenvalue weighted by molar-refractivity contribution is 5.22. The van der Waals surface area contributed by atoms with E-state index in [1.54, 1.807) is 0 Å². The molecule has 2 fully saturated rings. The van der Waals surface area contributed by atoms with E-state index in [1.807, 2.05) is 0 Å². The zero-order valence-electron chi connectivity index (χ0n) is 8.24. The molecule has 2 aliphatic heterocycles. The van der Waals surface area contributed by atoms with Gasteiger partial charge in [0.25, 0.3) is 0 Å². The van der Waals surface area contributed by atoms with E-state index >= 15 is 0 Å². The average molecular weight is 188 g/mol. The first-order valence-electron chi connectivity index (χ1n) is 5.44. The standard InChI is InChI=1S/C12H16N2/c1-2-4-9(5-3-1)12-11-8-13-6-10(11)7-14-12/h1-5,10-14H,6-8H2. The quantitative estimate of drug-likeness (QED) is 0.691. The number of rotatable bonds is 1. The molecular weight excluding hydrogens is 172 g/mol. The topological polar surface area (TPSA) is 24.1 Å². The van der Waals surface area contributed by atoms with Crippen LogP contribution in [0.2, 0.25) is 0 Å². The lowest BCUT2D eigenvalue weighted by atomic mass is 9.90. The summed E-state index contributed by atoms with van der Waals surface area (Å²) in [5.41, 5.74) is 1.45. The van der Waals surface area contributed by atoms with Crippen LogP contribution in [0.25, 0.3) is 0 Å². The summed E-state index contributed by atoms with van der Waals surface area (Å²) in [5, 5.41) is 7.12. The monoisotopic (exact) mass is 188 g/mol. The lowest BCUT2D eigenvalue weighted by molar-refractivity contribution is 0.450. The van der Waals surface area contributed by atoms with Crippen LogP contribution in [-0.4, -0.2) is 19.6 Å². The first-order chi connectivity index (χ1) is 6.95. The zero-order chi connectivity index (χ0) is 9.38. The van der Waals surface area contributed by atoms with Gasteiger partial charge in [-0.05, 0) is 23.9 Å². The van der Waals surface area contributed by atoms with Crippen LogP contribution in [-0.2, 0) is 0 Å². The van der Waals surface area contributed by atoms with Gasteiger partial charge in [-0.25, -0.2) is 0 Å². The van der Waals surface area contributed by atoms with Crippen molar-refractivity contribution in [3.63, 3.8) is 0 Å². The molecule has 2 aliphatic rings. The SMILES string of the molecule is c1ccc(C2NCC3CNCC32)cc1. The largest absolute Gasteiger partial charge is 0.316 e. The van der Waals surface area contributed by atoms with Gasteiger partial charge in [-0.3, -0.25) is 0 Å². The molecule has 0 bridgehead atoms. The Hall–Kier alpha value is -0.860. The molecule has 0 aromatic heterocycles. The minimum Gasteiger partial charge on any atom is -0.316 e. The highest BCUT2D eigenvalue weighted by Crippen LogP contribution is 2.35. The number of benzene rings is 1. The van der Waals surface area contributed by atoms with Crippen LogP contribution in [0.3, 0.4) is 0 Å². The molecule has 0 aliphatic carbocycles. The van der Waals surface area contributed by atoms with Crippen LogP contribution in [0.1, 0.15) is 11.6 Å². The van der Waals surface area contributed by atoms with Crippen molar-refractivity contribution < 1.29 is 0 Å². The summed E-state index contributed by atoms with van der Waals surface area (Å²) in [5.74, 6) is 1.65. The molecule has 2 saturated heterocycles. The molecule has 0 spiro atoms. The molecule has 74 valence electrons. The summed E-state index contributed by atoms with van der Waals surface area (Å²) in [6.45, 7) is 3.55. The van der Waals surface area contributed by atoms with Crippen molar-refractivity contribution in [2.45, 2.75) is 6.04 Å². The normalized spacial score (nSPS) is 35.9. The molecule has 2 nitrogen and oxygen atoms in total. The summed E-state index contributed by atoms with van der Waals surface area (Å²) in [4.78, 5) is 0. The van der Waals surface area contributed by atoms with Crippen molar-refractivity contribution in [1.82, 2.24) is 10.6 Å². The van der Waals surface area contributed by atoms with Gasteiger partial charge < -0.3 is 10.6 Å². The van der Waals surface area contributed by atoms with Crippen molar-refractivity contribution in [2.24, 2.45) is 11.8 Å². The predicted octanol–water partition coefficient (Wildman–Crippen LogP) is 1.17. The third-order valence-electron chi connectivity index (χ3n) is 3.58. The van der Waals surface area contributed by atoms with Gasteiger partial charge in [-0.2, -0.15) is 0 Å². The summed E-state index contributed by atoms with van der Waals surface area (Å²) in [7, 11) is 0. The van der Waals surface area contributed by atoms with Crippen molar-refractivity contribution in [1.29, 1.82) is 0 Å². The zero-order valence-corrected chi connectivity index (χ0v) is 8.24. The van der Waals surface area contributed by atoms with Crippen molar-refractivity contribution >= 4 is 0 Å². The maximum Gasteiger partial charge on any atom is 0.0364 e. The minimum absolute atomic E-state index is 0.580. The van der Waals surface area contributed by atoms with Crippen molar-refractivity contribution in [2.75, 3.05) is 19.6 Å². The van der Waals surface area contributed by atoms with E-state index in [4.69, 9.17) is 0 Å². The Morgan fingerprint density at radius 3 is 2.71 bits per heavy atom. The maximum absolute atomic E-state index is 3.63. The lowest BCUT2D eigenvalue weighted by Crippen LogP contribution is -2.23. The summed E-state index contributed by atoms with van der Waals surface area (Å²) >= 11 is 0. The number of hydrogen-bond donors (Lipinski definition) is 2.